The molecule has 21 heavy (non-hydrogen) atoms. The van der Waals surface area contributed by atoms with Gasteiger partial charge < -0.3 is 5.32 Å². The summed E-state index contributed by atoms with van der Waals surface area (Å²) >= 11 is 6.13. The summed E-state index contributed by atoms with van der Waals surface area (Å²) in [5.41, 5.74) is 1.57. The van der Waals surface area contributed by atoms with Crippen LogP contribution >= 0.6 is 11.6 Å². The highest BCUT2D eigenvalue weighted by Crippen LogP contribution is 2.21. The van der Waals surface area contributed by atoms with E-state index in [9.17, 15) is 4.39 Å². The smallest absolute Gasteiger partial charge is 0.127 e. The predicted molar refractivity (Wildman–Crippen MR) is 85.1 cm³/mol. The molecule has 0 aliphatic rings. The van der Waals surface area contributed by atoms with E-state index in [-0.39, 0.29) is 11.9 Å². The Morgan fingerprint density at radius 2 is 2.05 bits per heavy atom. The summed E-state index contributed by atoms with van der Waals surface area (Å²) in [5, 5.41) is 3.94. The molecule has 2 rings (SSSR count). The molecule has 0 aliphatic heterocycles. The van der Waals surface area contributed by atoms with E-state index in [0.717, 1.165) is 25.1 Å². The third kappa shape index (κ3) is 4.80. The third-order valence-electron chi connectivity index (χ3n) is 3.38. The van der Waals surface area contributed by atoms with Crippen molar-refractivity contribution in [3.8, 4) is 0 Å². The average Bonchev–Trinajstić information content (AvgIpc) is 2.49. The first kappa shape index (κ1) is 15.9. The molecule has 1 aromatic carbocycles. The minimum absolute atomic E-state index is 0.120. The van der Waals surface area contributed by atoms with Crippen LogP contribution in [0.2, 0.25) is 5.02 Å². The molecule has 1 unspecified atom stereocenters. The zero-order valence-corrected chi connectivity index (χ0v) is 12.9. The molecule has 0 aliphatic carbocycles. The SMILES string of the molecule is CCCNC(Cc1ccccn1)Cc1c(F)cccc1Cl. The van der Waals surface area contributed by atoms with Gasteiger partial charge in [0, 0.05) is 34.9 Å². The van der Waals surface area contributed by atoms with Gasteiger partial charge >= 0.3 is 0 Å². The summed E-state index contributed by atoms with van der Waals surface area (Å²) in [6, 6.07) is 10.8. The molecule has 0 fully saturated rings. The summed E-state index contributed by atoms with van der Waals surface area (Å²) in [5.74, 6) is -0.244. The van der Waals surface area contributed by atoms with Gasteiger partial charge in [-0.05, 0) is 43.7 Å². The van der Waals surface area contributed by atoms with Crippen LogP contribution in [0.5, 0.6) is 0 Å². The molecule has 0 amide bonds. The molecule has 0 bridgehead atoms. The molecule has 1 N–H and O–H groups in total. The Kier molecular flexibility index (Phi) is 6.15. The van der Waals surface area contributed by atoms with Gasteiger partial charge in [-0.15, -0.1) is 0 Å². The van der Waals surface area contributed by atoms with Crippen LogP contribution in [-0.4, -0.2) is 17.6 Å². The number of rotatable bonds is 7. The molecular weight excluding hydrogens is 287 g/mol. The quantitative estimate of drug-likeness (QED) is 0.835. The summed E-state index contributed by atoms with van der Waals surface area (Å²) in [6.45, 7) is 3.00. The highest BCUT2D eigenvalue weighted by Gasteiger charge is 2.15. The number of hydrogen-bond donors (Lipinski definition) is 1. The minimum atomic E-state index is -0.244. The molecule has 2 nitrogen and oxygen atoms in total. The van der Waals surface area contributed by atoms with Gasteiger partial charge in [0.15, 0.2) is 0 Å². The molecule has 4 heteroatoms. The van der Waals surface area contributed by atoms with Crippen LogP contribution in [0.1, 0.15) is 24.6 Å². The van der Waals surface area contributed by atoms with E-state index in [1.165, 1.54) is 6.07 Å². The number of nitrogens with one attached hydrogen (secondary N) is 1. The van der Waals surface area contributed by atoms with Gasteiger partial charge in [-0.2, -0.15) is 0 Å². The van der Waals surface area contributed by atoms with E-state index in [2.05, 4.69) is 17.2 Å². The number of aromatic nitrogens is 1. The topological polar surface area (TPSA) is 24.9 Å². The normalized spacial score (nSPS) is 12.3. The number of nitrogens with zero attached hydrogens (tertiary/aromatic N) is 1. The fraction of sp³-hybridized carbons (Fsp3) is 0.353. The van der Waals surface area contributed by atoms with E-state index in [1.54, 1.807) is 18.3 Å². The van der Waals surface area contributed by atoms with E-state index >= 15 is 0 Å². The van der Waals surface area contributed by atoms with Gasteiger partial charge in [-0.25, -0.2) is 4.39 Å². The van der Waals surface area contributed by atoms with Gasteiger partial charge in [-0.3, -0.25) is 4.98 Å². The summed E-state index contributed by atoms with van der Waals surface area (Å²) in [7, 11) is 0. The molecule has 0 saturated carbocycles. The number of halogens is 2. The summed E-state index contributed by atoms with van der Waals surface area (Å²) in [6.07, 6.45) is 4.12. The van der Waals surface area contributed by atoms with Crippen LogP contribution in [-0.2, 0) is 12.8 Å². The van der Waals surface area contributed by atoms with Crippen molar-refractivity contribution in [1.29, 1.82) is 0 Å². The molecule has 112 valence electrons. The van der Waals surface area contributed by atoms with Crippen molar-refractivity contribution in [3.63, 3.8) is 0 Å². The highest BCUT2D eigenvalue weighted by molar-refractivity contribution is 6.31. The van der Waals surface area contributed by atoms with Crippen LogP contribution in [0.4, 0.5) is 4.39 Å². The maximum Gasteiger partial charge on any atom is 0.127 e. The van der Waals surface area contributed by atoms with Gasteiger partial charge in [0.05, 0.1) is 0 Å². The van der Waals surface area contributed by atoms with E-state index in [0.29, 0.717) is 17.0 Å². The lowest BCUT2D eigenvalue weighted by Gasteiger charge is -2.19. The first-order valence-corrected chi connectivity index (χ1v) is 7.64. The molecule has 0 spiro atoms. The monoisotopic (exact) mass is 306 g/mol. The van der Waals surface area contributed by atoms with Gasteiger partial charge in [0.25, 0.3) is 0 Å². The Morgan fingerprint density at radius 1 is 1.19 bits per heavy atom. The Labute approximate surface area is 130 Å². The van der Waals surface area contributed by atoms with Crippen LogP contribution in [0.3, 0.4) is 0 Å². The molecule has 1 heterocycles. The second-order valence-electron chi connectivity index (χ2n) is 5.08. The maximum absolute atomic E-state index is 13.9. The fourth-order valence-electron chi connectivity index (χ4n) is 2.31. The minimum Gasteiger partial charge on any atom is -0.313 e. The molecule has 0 radical (unpaired) electrons. The van der Waals surface area contributed by atoms with Crippen LogP contribution in [0.25, 0.3) is 0 Å². The van der Waals surface area contributed by atoms with E-state index in [1.807, 2.05) is 18.2 Å². The van der Waals surface area contributed by atoms with Crippen LogP contribution in [0, 0.1) is 5.82 Å². The van der Waals surface area contributed by atoms with Crippen molar-refractivity contribution in [2.24, 2.45) is 0 Å². The Hall–Kier alpha value is -1.45. The standard InChI is InChI=1S/C17H20ClFN2/c1-2-9-20-14(11-13-6-3-4-10-21-13)12-15-16(18)7-5-8-17(15)19/h3-8,10,14,20H,2,9,11-12H2,1H3. The summed E-state index contributed by atoms with van der Waals surface area (Å²) in [4.78, 5) is 4.35. The molecular formula is C17H20ClFN2. The fourth-order valence-corrected chi connectivity index (χ4v) is 2.55. The van der Waals surface area contributed by atoms with Crippen molar-refractivity contribution in [2.75, 3.05) is 6.54 Å². The number of pyridine rings is 1. The lowest BCUT2D eigenvalue weighted by atomic mass is 10.0. The van der Waals surface area contributed by atoms with Gasteiger partial charge in [0.1, 0.15) is 5.82 Å². The zero-order chi connectivity index (χ0) is 15.1. The second kappa shape index (κ2) is 8.11. The molecule has 1 aromatic heterocycles. The van der Waals surface area contributed by atoms with E-state index in [4.69, 9.17) is 11.6 Å². The van der Waals surface area contributed by atoms with Crippen molar-refractivity contribution in [2.45, 2.75) is 32.2 Å². The number of hydrogen-bond acceptors (Lipinski definition) is 2. The lowest BCUT2D eigenvalue weighted by Crippen LogP contribution is -2.34. The largest absolute Gasteiger partial charge is 0.313 e. The zero-order valence-electron chi connectivity index (χ0n) is 12.2. The van der Waals surface area contributed by atoms with E-state index < -0.39 is 0 Å². The van der Waals surface area contributed by atoms with Gasteiger partial charge in [-0.1, -0.05) is 30.7 Å². The van der Waals surface area contributed by atoms with Crippen LogP contribution in [0.15, 0.2) is 42.6 Å². The Bertz CT molecular complexity index is 540. The first-order valence-electron chi connectivity index (χ1n) is 7.27. The maximum atomic E-state index is 13.9. The second-order valence-corrected chi connectivity index (χ2v) is 5.49. The molecule has 1 atom stereocenters. The molecule has 2 aromatic rings. The number of benzene rings is 1. The lowest BCUT2D eigenvalue weighted by molar-refractivity contribution is 0.489. The molecule has 0 saturated heterocycles. The summed E-state index contributed by atoms with van der Waals surface area (Å²) < 4.78 is 13.9. The average molecular weight is 307 g/mol. The third-order valence-corrected chi connectivity index (χ3v) is 3.73. The van der Waals surface area contributed by atoms with Gasteiger partial charge in [0.2, 0.25) is 0 Å². The van der Waals surface area contributed by atoms with Crippen molar-refractivity contribution in [1.82, 2.24) is 10.3 Å². The van der Waals surface area contributed by atoms with Crippen molar-refractivity contribution in [3.05, 3.63) is 64.7 Å². The van der Waals surface area contributed by atoms with Crippen LogP contribution < -0.4 is 5.32 Å². The van der Waals surface area contributed by atoms with Crippen molar-refractivity contribution >= 4 is 11.6 Å². The Morgan fingerprint density at radius 3 is 2.71 bits per heavy atom. The predicted octanol–water partition coefficient (Wildman–Crippen LogP) is 4.03. The highest BCUT2D eigenvalue weighted by atomic mass is 35.5. The first-order chi connectivity index (χ1) is 10.2. The Balaban J connectivity index is 2.12. The van der Waals surface area contributed by atoms with Crippen molar-refractivity contribution < 1.29 is 4.39 Å².